The Hall–Kier alpha value is -1.13. The van der Waals surface area contributed by atoms with Crippen molar-refractivity contribution in [1.82, 2.24) is 5.32 Å². The molecule has 92 valence electrons. The van der Waals surface area contributed by atoms with Gasteiger partial charge in [0.05, 0.1) is 6.10 Å². The van der Waals surface area contributed by atoms with Crippen molar-refractivity contribution >= 4 is 0 Å². The van der Waals surface area contributed by atoms with E-state index < -0.39 is 6.10 Å². The van der Waals surface area contributed by atoms with E-state index in [4.69, 9.17) is 4.74 Å². The second-order valence-electron chi connectivity index (χ2n) is 4.94. The number of hydrogen-bond acceptors (Lipinski definition) is 3. The molecule has 1 spiro atoms. The lowest BCUT2D eigenvalue weighted by Crippen LogP contribution is -2.49. The summed E-state index contributed by atoms with van der Waals surface area (Å²) in [6.07, 6.45) is 1.72. The minimum atomic E-state index is -0.618. The van der Waals surface area contributed by atoms with E-state index in [1.54, 1.807) is 6.07 Å². The predicted octanol–water partition coefficient (Wildman–Crippen LogP) is 1.76. The number of ether oxygens (including phenoxy) is 1. The van der Waals surface area contributed by atoms with Crippen LogP contribution in [0.3, 0.4) is 0 Å². The lowest BCUT2D eigenvalue weighted by atomic mass is 9.82. The number of aliphatic hydroxyl groups is 1. The third-order valence-electron chi connectivity index (χ3n) is 3.74. The van der Waals surface area contributed by atoms with Crippen molar-refractivity contribution in [2.45, 2.75) is 31.0 Å². The summed E-state index contributed by atoms with van der Waals surface area (Å²) in [5, 5.41) is 13.4. The Labute approximate surface area is 99.6 Å². The van der Waals surface area contributed by atoms with Crippen molar-refractivity contribution in [3.8, 4) is 5.75 Å². The van der Waals surface area contributed by atoms with Crippen molar-refractivity contribution < 1.29 is 14.2 Å². The van der Waals surface area contributed by atoms with Crippen LogP contribution in [0.25, 0.3) is 0 Å². The molecule has 0 aliphatic carbocycles. The van der Waals surface area contributed by atoms with Crippen molar-refractivity contribution in [2.24, 2.45) is 0 Å². The molecule has 0 bridgehead atoms. The van der Waals surface area contributed by atoms with Crippen molar-refractivity contribution in [3.05, 3.63) is 29.6 Å². The second-order valence-corrected chi connectivity index (χ2v) is 4.94. The lowest BCUT2D eigenvalue weighted by molar-refractivity contribution is -0.0338. The van der Waals surface area contributed by atoms with Gasteiger partial charge in [0, 0.05) is 12.0 Å². The molecule has 3 rings (SSSR count). The summed E-state index contributed by atoms with van der Waals surface area (Å²) in [7, 11) is 0. The van der Waals surface area contributed by atoms with Crippen LogP contribution in [-0.2, 0) is 0 Å². The van der Waals surface area contributed by atoms with Crippen molar-refractivity contribution in [3.63, 3.8) is 0 Å². The van der Waals surface area contributed by atoms with Gasteiger partial charge in [-0.3, -0.25) is 0 Å². The molecule has 0 unspecified atom stereocenters. The monoisotopic (exact) mass is 237 g/mol. The van der Waals surface area contributed by atoms with E-state index in [9.17, 15) is 9.50 Å². The van der Waals surface area contributed by atoms with Gasteiger partial charge in [-0.1, -0.05) is 0 Å². The fourth-order valence-corrected chi connectivity index (χ4v) is 2.80. The minimum Gasteiger partial charge on any atom is -0.487 e. The van der Waals surface area contributed by atoms with Gasteiger partial charge in [-0.05, 0) is 44.1 Å². The van der Waals surface area contributed by atoms with Crippen LogP contribution < -0.4 is 10.1 Å². The number of aliphatic hydroxyl groups excluding tert-OH is 1. The van der Waals surface area contributed by atoms with Gasteiger partial charge in [0.25, 0.3) is 0 Å². The van der Waals surface area contributed by atoms with Crippen LogP contribution in [0.5, 0.6) is 5.75 Å². The molecular formula is C13H16FNO2. The predicted molar refractivity (Wildman–Crippen MR) is 61.4 cm³/mol. The third kappa shape index (κ3) is 1.91. The normalized spacial score (nSPS) is 26.4. The minimum absolute atomic E-state index is 0.268. The van der Waals surface area contributed by atoms with Crippen LogP contribution in [0.4, 0.5) is 4.39 Å². The van der Waals surface area contributed by atoms with E-state index in [0.717, 1.165) is 25.9 Å². The number of benzene rings is 1. The zero-order valence-corrected chi connectivity index (χ0v) is 9.58. The molecule has 1 aromatic carbocycles. The molecule has 2 aliphatic heterocycles. The van der Waals surface area contributed by atoms with Crippen LogP contribution in [0.2, 0.25) is 0 Å². The van der Waals surface area contributed by atoms with Gasteiger partial charge >= 0.3 is 0 Å². The Balaban J connectivity index is 1.94. The number of fused-ring (bicyclic) bond motifs is 1. The molecule has 2 aliphatic rings. The first-order chi connectivity index (χ1) is 8.19. The summed E-state index contributed by atoms with van der Waals surface area (Å²) in [6, 6.07) is 4.37. The van der Waals surface area contributed by atoms with Crippen LogP contribution in [0.15, 0.2) is 18.2 Å². The smallest absolute Gasteiger partial charge is 0.126 e. The van der Waals surface area contributed by atoms with Gasteiger partial charge in [0.1, 0.15) is 17.2 Å². The maximum absolute atomic E-state index is 13.1. The van der Waals surface area contributed by atoms with Crippen LogP contribution in [0.1, 0.15) is 30.9 Å². The fraction of sp³-hybridized carbons (Fsp3) is 0.538. The van der Waals surface area contributed by atoms with E-state index in [2.05, 4.69) is 5.32 Å². The molecule has 3 nitrogen and oxygen atoms in total. The average Bonchev–Trinajstić information content (AvgIpc) is 2.31. The number of halogens is 1. The molecule has 2 heterocycles. The zero-order valence-electron chi connectivity index (χ0n) is 9.58. The van der Waals surface area contributed by atoms with Gasteiger partial charge in [-0.2, -0.15) is 0 Å². The summed E-state index contributed by atoms with van der Waals surface area (Å²) in [4.78, 5) is 0. The molecule has 0 saturated carbocycles. The summed E-state index contributed by atoms with van der Waals surface area (Å²) in [5.74, 6) is 0.305. The third-order valence-corrected chi connectivity index (χ3v) is 3.74. The highest BCUT2D eigenvalue weighted by atomic mass is 19.1. The first kappa shape index (κ1) is 11.0. The molecule has 2 N–H and O–H groups in total. The molecular weight excluding hydrogens is 221 g/mol. The first-order valence-corrected chi connectivity index (χ1v) is 6.06. The van der Waals surface area contributed by atoms with Crippen LogP contribution in [-0.4, -0.2) is 23.8 Å². The number of rotatable bonds is 0. The molecule has 4 heteroatoms. The topological polar surface area (TPSA) is 41.5 Å². The number of piperidine rings is 1. The second kappa shape index (κ2) is 3.96. The van der Waals surface area contributed by atoms with Gasteiger partial charge in [-0.25, -0.2) is 4.39 Å². The van der Waals surface area contributed by atoms with Crippen molar-refractivity contribution in [1.29, 1.82) is 0 Å². The quantitative estimate of drug-likeness (QED) is 0.722. The lowest BCUT2D eigenvalue weighted by Gasteiger charge is -2.43. The van der Waals surface area contributed by atoms with E-state index in [-0.39, 0.29) is 11.4 Å². The van der Waals surface area contributed by atoms with E-state index in [1.165, 1.54) is 12.1 Å². The molecule has 1 aromatic rings. The highest BCUT2D eigenvalue weighted by molar-refractivity contribution is 5.38. The average molecular weight is 237 g/mol. The van der Waals surface area contributed by atoms with E-state index in [0.29, 0.717) is 17.7 Å². The largest absolute Gasteiger partial charge is 0.487 e. The van der Waals surface area contributed by atoms with Gasteiger partial charge < -0.3 is 15.2 Å². The van der Waals surface area contributed by atoms with E-state index in [1.807, 2.05) is 0 Å². The summed E-state index contributed by atoms with van der Waals surface area (Å²) in [6.45, 7) is 1.81. The first-order valence-electron chi connectivity index (χ1n) is 6.06. The molecule has 17 heavy (non-hydrogen) atoms. The molecule has 1 fully saturated rings. The molecule has 0 aromatic heterocycles. The number of hydrogen-bond donors (Lipinski definition) is 2. The van der Waals surface area contributed by atoms with Gasteiger partial charge in [0.15, 0.2) is 0 Å². The summed E-state index contributed by atoms with van der Waals surface area (Å²) in [5.41, 5.74) is 0.310. The Kier molecular flexibility index (Phi) is 2.56. The molecule has 1 atom stereocenters. The van der Waals surface area contributed by atoms with Gasteiger partial charge in [-0.15, -0.1) is 0 Å². The van der Waals surface area contributed by atoms with E-state index >= 15 is 0 Å². The van der Waals surface area contributed by atoms with Crippen molar-refractivity contribution in [2.75, 3.05) is 13.1 Å². The van der Waals surface area contributed by atoms with Crippen LogP contribution >= 0.6 is 0 Å². The Morgan fingerprint density at radius 2 is 2.12 bits per heavy atom. The zero-order chi connectivity index (χ0) is 11.9. The maximum atomic E-state index is 13.1. The highest BCUT2D eigenvalue weighted by Gasteiger charge is 2.41. The summed E-state index contributed by atoms with van der Waals surface area (Å²) >= 11 is 0. The molecule has 0 amide bonds. The SMILES string of the molecule is O[C@H]1CC2(CCNCC2)Oc2ccc(F)cc21. The van der Waals surface area contributed by atoms with Crippen LogP contribution in [0, 0.1) is 5.82 Å². The Morgan fingerprint density at radius 1 is 1.35 bits per heavy atom. The standard InChI is InChI=1S/C13H16FNO2/c14-9-1-2-12-10(7-9)11(16)8-13(17-12)3-5-15-6-4-13/h1-2,7,11,15-16H,3-6,8H2/t11-/m0/s1. The Morgan fingerprint density at radius 3 is 2.88 bits per heavy atom. The Bertz CT molecular complexity index is 429. The maximum Gasteiger partial charge on any atom is 0.126 e. The van der Waals surface area contributed by atoms with Gasteiger partial charge in [0.2, 0.25) is 0 Å². The summed E-state index contributed by atoms with van der Waals surface area (Å²) < 4.78 is 19.1. The molecule has 0 radical (unpaired) electrons. The molecule has 1 saturated heterocycles. The number of nitrogens with one attached hydrogen (secondary N) is 1. The highest BCUT2D eigenvalue weighted by Crippen LogP contribution is 2.43. The fourth-order valence-electron chi connectivity index (χ4n) is 2.80.